The van der Waals surface area contributed by atoms with Gasteiger partial charge in [-0.15, -0.1) is 0 Å². The predicted octanol–water partition coefficient (Wildman–Crippen LogP) is 3.40. The number of nitrogens with one attached hydrogen (secondary N) is 1. The van der Waals surface area contributed by atoms with Crippen LogP contribution in [0.1, 0.15) is 51.5 Å². The van der Waals surface area contributed by atoms with Crippen LogP contribution in [0.4, 0.5) is 0 Å². The number of benzene rings is 1. The van der Waals surface area contributed by atoms with Gasteiger partial charge in [-0.3, -0.25) is 4.79 Å². The zero-order valence-corrected chi connectivity index (χ0v) is 12.6. The summed E-state index contributed by atoms with van der Waals surface area (Å²) in [5.74, 6) is 0.402. The van der Waals surface area contributed by atoms with E-state index in [0.717, 1.165) is 5.56 Å². The van der Waals surface area contributed by atoms with Crippen LogP contribution < -0.4 is 5.32 Å². The minimum Gasteiger partial charge on any atom is -0.361 e. The fourth-order valence-electron chi connectivity index (χ4n) is 2.19. The molecule has 0 unspecified atom stereocenters. The van der Waals surface area contributed by atoms with Gasteiger partial charge in [-0.25, -0.2) is 0 Å². The molecule has 1 heterocycles. The number of aromatic nitrogens is 1. The smallest absolute Gasteiger partial charge is 0.257 e. The van der Waals surface area contributed by atoms with Crippen LogP contribution in [0.3, 0.4) is 0 Å². The van der Waals surface area contributed by atoms with Crippen molar-refractivity contribution in [3.8, 4) is 0 Å². The molecular weight excluding hydrogens is 252 g/mol. The van der Waals surface area contributed by atoms with E-state index < -0.39 is 0 Å². The van der Waals surface area contributed by atoms with Gasteiger partial charge >= 0.3 is 0 Å². The third kappa shape index (κ3) is 2.74. The number of carbonyl (C=O) groups is 1. The summed E-state index contributed by atoms with van der Waals surface area (Å²) in [6, 6.07) is 6.16. The van der Waals surface area contributed by atoms with Crippen molar-refractivity contribution in [1.29, 1.82) is 0 Å². The van der Waals surface area contributed by atoms with E-state index >= 15 is 0 Å². The lowest BCUT2D eigenvalue weighted by Gasteiger charge is -2.15. The maximum Gasteiger partial charge on any atom is 0.257 e. The normalized spacial score (nSPS) is 12.2. The zero-order valence-electron chi connectivity index (χ0n) is 12.6. The van der Waals surface area contributed by atoms with E-state index in [1.807, 2.05) is 13.0 Å². The van der Waals surface area contributed by atoms with E-state index in [0.29, 0.717) is 17.0 Å². The molecule has 0 radical (unpaired) electrons. The SMILES string of the molecule is Cc1ccc([C@H](C)NC(=O)c2c(C)noc2C)cc1C. The standard InChI is InChI=1S/C16H20N2O2/c1-9-6-7-14(8-10(9)2)11(3)17-16(19)15-12(4)18-20-13(15)5/h6-8,11H,1-5H3,(H,17,19)/t11-/m0/s1. The number of nitrogens with zero attached hydrogens (tertiary/aromatic N) is 1. The Bertz CT molecular complexity index is 624. The molecule has 4 nitrogen and oxygen atoms in total. The summed E-state index contributed by atoms with van der Waals surface area (Å²) in [7, 11) is 0. The van der Waals surface area contributed by atoms with E-state index in [9.17, 15) is 4.79 Å². The van der Waals surface area contributed by atoms with E-state index in [2.05, 4.69) is 36.5 Å². The van der Waals surface area contributed by atoms with Crippen LogP contribution in [0, 0.1) is 27.7 Å². The molecular formula is C16H20N2O2. The lowest BCUT2D eigenvalue weighted by molar-refractivity contribution is 0.0938. The largest absolute Gasteiger partial charge is 0.361 e. The van der Waals surface area contributed by atoms with Crippen molar-refractivity contribution in [2.75, 3.05) is 0 Å². The molecule has 1 aromatic heterocycles. The van der Waals surface area contributed by atoms with Crippen LogP contribution >= 0.6 is 0 Å². The molecule has 1 amide bonds. The third-order valence-corrected chi connectivity index (χ3v) is 3.64. The zero-order chi connectivity index (χ0) is 14.9. The lowest BCUT2D eigenvalue weighted by atomic mass is 10.0. The second-order valence-corrected chi connectivity index (χ2v) is 5.24. The molecule has 2 rings (SSSR count). The molecule has 0 aliphatic heterocycles. The van der Waals surface area contributed by atoms with Gasteiger partial charge in [-0.05, 0) is 51.3 Å². The molecule has 1 aromatic carbocycles. The summed E-state index contributed by atoms with van der Waals surface area (Å²) >= 11 is 0. The van der Waals surface area contributed by atoms with Gasteiger partial charge in [0.15, 0.2) is 0 Å². The monoisotopic (exact) mass is 272 g/mol. The Hall–Kier alpha value is -2.10. The van der Waals surface area contributed by atoms with Gasteiger partial charge in [0.25, 0.3) is 5.91 Å². The molecule has 106 valence electrons. The average Bonchev–Trinajstić information content (AvgIpc) is 2.72. The number of hydrogen-bond acceptors (Lipinski definition) is 3. The molecule has 0 aliphatic carbocycles. The molecule has 0 saturated carbocycles. The molecule has 0 bridgehead atoms. The van der Waals surface area contributed by atoms with E-state index in [-0.39, 0.29) is 11.9 Å². The van der Waals surface area contributed by atoms with Gasteiger partial charge in [0, 0.05) is 0 Å². The Kier molecular flexibility index (Phi) is 3.93. The average molecular weight is 272 g/mol. The Morgan fingerprint density at radius 2 is 1.90 bits per heavy atom. The Labute approximate surface area is 119 Å². The van der Waals surface area contributed by atoms with E-state index in [1.54, 1.807) is 13.8 Å². The number of carbonyl (C=O) groups excluding carboxylic acids is 1. The maximum absolute atomic E-state index is 12.3. The van der Waals surface area contributed by atoms with Crippen molar-refractivity contribution >= 4 is 5.91 Å². The molecule has 0 spiro atoms. The fraction of sp³-hybridized carbons (Fsp3) is 0.375. The number of aryl methyl sites for hydroxylation is 4. The summed E-state index contributed by atoms with van der Waals surface area (Å²) in [4.78, 5) is 12.3. The summed E-state index contributed by atoms with van der Waals surface area (Å²) in [5, 5.41) is 6.80. The van der Waals surface area contributed by atoms with Gasteiger partial charge in [0.1, 0.15) is 11.3 Å². The molecule has 0 aliphatic rings. The van der Waals surface area contributed by atoms with Crippen LogP contribution in [-0.2, 0) is 0 Å². The molecule has 2 aromatic rings. The summed E-state index contributed by atoms with van der Waals surface area (Å²) in [6.07, 6.45) is 0. The van der Waals surface area contributed by atoms with Crippen molar-refractivity contribution < 1.29 is 9.32 Å². The minimum atomic E-state index is -0.146. The second kappa shape index (κ2) is 5.49. The highest BCUT2D eigenvalue weighted by molar-refractivity contribution is 5.96. The third-order valence-electron chi connectivity index (χ3n) is 3.64. The van der Waals surface area contributed by atoms with Gasteiger partial charge < -0.3 is 9.84 Å². The summed E-state index contributed by atoms with van der Waals surface area (Å²) in [5.41, 5.74) is 4.71. The molecule has 4 heteroatoms. The van der Waals surface area contributed by atoms with Gasteiger partial charge in [-0.2, -0.15) is 0 Å². The van der Waals surface area contributed by atoms with Crippen LogP contribution in [0.15, 0.2) is 22.7 Å². The van der Waals surface area contributed by atoms with Gasteiger partial charge in [0.05, 0.1) is 11.7 Å². The van der Waals surface area contributed by atoms with Gasteiger partial charge in [-0.1, -0.05) is 23.4 Å². The van der Waals surface area contributed by atoms with E-state index in [4.69, 9.17) is 4.52 Å². The van der Waals surface area contributed by atoms with Crippen molar-refractivity contribution in [3.05, 3.63) is 51.9 Å². The number of amides is 1. The highest BCUT2D eigenvalue weighted by Gasteiger charge is 2.19. The van der Waals surface area contributed by atoms with Crippen LogP contribution in [0.25, 0.3) is 0 Å². The highest BCUT2D eigenvalue weighted by atomic mass is 16.5. The molecule has 0 fully saturated rings. The lowest BCUT2D eigenvalue weighted by Crippen LogP contribution is -2.27. The molecule has 1 N–H and O–H groups in total. The second-order valence-electron chi connectivity index (χ2n) is 5.24. The first-order chi connectivity index (χ1) is 9.40. The predicted molar refractivity (Wildman–Crippen MR) is 77.8 cm³/mol. The molecule has 0 saturated heterocycles. The van der Waals surface area contributed by atoms with Crippen LogP contribution in [-0.4, -0.2) is 11.1 Å². The van der Waals surface area contributed by atoms with Crippen molar-refractivity contribution in [3.63, 3.8) is 0 Å². The number of hydrogen-bond donors (Lipinski definition) is 1. The first kappa shape index (κ1) is 14.3. The Balaban J connectivity index is 2.17. The van der Waals surface area contributed by atoms with Crippen molar-refractivity contribution in [2.45, 2.75) is 40.7 Å². The van der Waals surface area contributed by atoms with Crippen LogP contribution in [0.2, 0.25) is 0 Å². The molecule has 1 atom stereocenters. The number of rotatable bonds is 3. The highest BCUT2D eigenvalue weighted by Crippen LogP contribution is 2.19. The first-order valence-electron chi connectivity index (χ1n) is 6.71. The van der Waals surface area contributed by atoms with Crippen molar-refractivity contribution in [1.82, 2.24) is 10.5 Å². The minimum absolute atomic E-state index is 0.0597. The maximum atomic E-state index is 12.3. The summed E-state index contributed by atoms with van der Waals surface area (Å²) in [6.45, 7) is 9.63. The quantitative estimate of drug-likeness (QED) is 0.931. The van der Waals surface area contributed by atoms with E-state index in [1.165, 1.54) is 11.1 Å². The van der Waals surface area contributed by atoms with Gasteiger partial charge in [0.2, 0.25) is 0 Å². The summed E-state index contributed by atoms with van der Waals surface area (Å²) < 4.78 is 5.03. The molecule has 20 heavy (non-hydrogen) atoms. The van der Waals surface area contributed by atoms with Crippen LogP contribution in [0.5, 0.6) is 0 Å². The Morgan fingerprint density at radius 3 is 2.45 bits per heavy atom. The van der Waals surface area contributed by atoms with Crippen molar-refractivity contribution in [2.24, 2.45) is 0 Å². The first-order valence-corrected chi connectivity index (χ1v) is 6.71. The topological polar surface area (TPSA) is 55.1 Å². The fourth-order valence-corrected chi connectivity index (χ4v) is 2.19. The Morgan fingerprint density at radius 1 is 1.20 bits per heavy atom.